The summed E-state index contributed by atoms with van der Waals surface area (Å²) in [4.78, 5) is 20.2. The number of alkyl halides is 3. The highest BCUT2D eigenvalue weighted by atomic mass is 19.3. The summed E-state index contributed by atoms with van der Waals surface area (Å²) in [6.45, 7) is -1.93. The summed E-state index contributed by atoms with van der Waals surface area (Å²) in [5.41, 5.74) is 1.10. The Hall–Kier alpha value is -2.88. The van der Waals surface area contributed by atoms with Crippen LogP contribution in [-0.4, -0.2) is 59.8 Å². The lowest BCUT2D eigenvalue weighted by atomic mass is 10.0. The molecule has 2 amide bonds. The van der Waals surface area contributed by atoms with Gasteiger partial charge in [-0.1, -0.05) is 12.1 Å². The van der Waals surface area contributed by atoms with Gasteiger partial charge in [-0.15, -0.1) is 0 Å². The van der Waals surface area contributed by atoms with Crippen LogP contribution in [0.15, 0.2) is 42.6 Å². The Balaban J connectivity index is 1.68. The van der Waals surface area contributed by atoms with Crippen molar-refractivity contribution in [1.29, 1.82) is 0 Å². The number of aromatic nitrogens is 1. The molecular formula is C21H24F4N4O2. The summed E-state index contributed by atoms with van der Waals surface area (Å²) < 4.78 is 56.8. The number of urea groups is 1. The van der Waals surface area contributed by atoms with Crippen LogP contribution >= 0.6 is 0 Å². The lowest BCUT2D eigenvalue weighted by Crippen LogP contribution is -2.55. The minimum Gasteiger partial charge on any atom is -0.435 e. The third kappa shape index (κ3) is 6.55. The molecule has 0 radical (unpaired) electrons. The van der Waals surface area contributed by atoms with E-state index < -0.39 is 30.7 Å². The van der Waals surface area contributed by atoms with Crippen LogP contribution in [0.1, 0.15) is 17.7 Å². The van der Waals surface area contributed by atoms with Crippen molar-refractivity contribution in [3.8, 4) is 5.75 Å². The molecule has 168 valence electrons. The number of pyridine rings is 1. The predicted molar refractivity (Wildman–Crippen MR) is 106 cm³/mol. The van der Waals surface area contributed by atoms with E-state index in [1.165, 1.54) is 29.2 Å². The first-order valence-electron chi connectivity index (χ1n) is 9.83. The number of amides is 2. The second-order valence-corrected chi connectivity index (χ2v) is 7.41. The average Bonchev–Trinajstić information content (AvgIpc) is 2.73. The molecule has 0 aliphatic carbocycles. The number of ether oxygens (including phenoxy) is 1. The standard InChI is InChI=1S/C21H24F4N4O2/c1-28-9-8-19(18(23)13-28)29(12-16-5-4-15(22)11-26-16)21(30)27-10-14-2-6-17(7-3-14)31-20(24)25/h2-7,11,18-20H,8-10,12-13H2,1H3,(H,27,30)/t18-,19+/m0/s1. The first-order valence-corrected chi connectivity index (χ1v) is 9.83. The van der Waals surface area contributed by atoms with Crippen molar-refractivity contribution in [2.24, 2.45) is 0 Å². The number of hydrogen-bond donors (Lipinski definition) is 1. The topological polar surface area (TPSA) is 57.7 Å². The Bertz CT molecular complexity index is 851. The van der Waals surface area contributed by atoms with Crippen LogP contribution in [0.25, 0.3) is 0 Å². The van der Waals surface area contributed by atoms with Crippen molar-refractivity contribution in [3.05, 3.63) is 59.7 Å². The molecule has 1 aliphatic heterocycles. The lowest BCUT2D eigenvalue weighted by Gasteiger charge is -2.39. The van der Waals surface area contributed by atoms with Gasteiger partial charge in [0.15, 0.2) is 0 Å². The van der Waals surface area contributed by atoms with E-state index in [4.69, 9.17) is 0 Å². The van der Waals surface area contributed by atoms with Gasteiger partial charge in [-0.25, -0.2) is 13.6 Å². The number of carbonyl (C=O) groups excluding carboxylic acids is 1. The molecule has 2 heterocycles. The Morgan fingerprint density at radius 2 is 2.03 bits per heavy atom. The monoisotopic (exact) mass is 440 g/mol. The summed E-state index contributed by atoms with van der Waals surface area (Å²) in [6.07, 6.45) is 0.262. The van der Waals surface area contributed by atoms with Crippen LogP contribution in [0.3, 0.4) is 0 Å². The van der Waals surface area contributed by atoms with Gasteiger partial charge in [0.25, 0.3) is 0 Å². The van der Waals surface area contributed by atoms with E-state index in [2.05, 4.69) is 15.0 Å². The maximum atomic E-state index is 14.8. The number of halogens is 4. The van der Waals surface area contributed by atoms with Crippen molar-refractivity contribution in [3.63, 3.8) is 0 Å². The number of hydrogen-bond acceptors (Lipinski definition) is 4. The molecule has 3 rings (SSSR count). The molecule has 0 spiro atoms. The van der Waals surface area contributed by atoms with Gasteiger partial charge in [-0.2, -0.15) is 8.78 Å². The molecule has 1 N–H and O–H groups in total. The number of nitrogens with zero attached hydrogens (tertiary/aromatic N) is 3. The number of carbonyl (C=O) groups is 1. The fraction of sp³-hybridized carbons (Fsp3) is 0.429. The SMILES string of the molecule is CN1CC[C@@H](N(Cc2ccc(F)cn2)C(=O)NCc2ccc(OC(F)F)cc2)[C@@H](F)C1. The van der Waals surface area contributed by atoms with Crippen molar-refractivity contribution in [2.75, 3.05) is 20.1 Å². The number of likely N-dealkylation sites (tertiary alicyclic amines) is 1. The van der Waals surface area contributed by atoms with Crippen molar-refractivity contribution in [1.82, 2.24) is 20.1 Å². The minimum absolute atomic E-state index is 0.0145. The first kappa shape index (κ1) is 22.8. The summed E-state index contributed by atoms with van der Waals surface area (Å²) >= 11 is 0. The molecule has 10 heteroatoms. The zero-order valence-corrected chi connectivity index (χ0v) is 17.0. The molecule has 2 atom stereocenters. The molecule has 0 saturated carbocycles. The third-order valence-corrected chi connectivity index (χ3v) is 5.08. The van der Waals surface area contributed by atoms with Gasteiger partial charge in [0.05, 0.1) is 24.5 Å². The van der Waals surface area contributed by atoms with Crippen LogP contribution in [0, 0.1) is 5.82 Å². The molecule has 0 unspecified atom stereocenters. The molecular weight excluding hydrogens is 416 g/mol. The van der Waals surface area contributed by atoms with Crippen molar-refractivity contribution < 1.29 is 27.1 Å². The van der Waals surface area contributed by atoms with E-state index in [-0.39, 0.29) is 25.4 Å². The van der Waals surface area contributed by atoms with Gasteiger partial charge in [-0.3, -0.25) is 4.98 Å². The molecule has 1 aliphatic rings. The number of benzene rings is 1. The molecule has 1 aromatic heterocycles. The van der Waals surface area contributed by atoms with E-state index in [1.807, 2.05) is 11.9 Å². The molecule has 1 saturated heterocycles. The smallest absolute Gasteiger partial charge is 0.387 e. The third-order valence-electron chi connectivity index (χ3n) is 5.08. The van der Waals surface area contributed by atoms with Gasteiger partial charge in [0.1, 0.15) is 17.7 Å². The van der Waals surface area contributed by atoms with Crippen molar-refractivity contribution >= 4 is 6.03 Å². The van der Waals surface area contributed by atoms with E-state index in [0.717, 1.165) is 6.20 Å². The summed E-state index contributed by atoms with van der Waals surface area (Å²) in [5, 5.41) is 2.74. The van der Waals surface area contributed by atoms with Crippen LogP contribution in [0.5, 0.6) is 5.75 Å². The fourth-order valence-corrected chi connectivity index (χ4v) is 3.48. The minimum atomic E-state index is -2.91. The largest absolute Gasteiger partial charge is 0.435 e. The zero-order valence-electron chi connectivity index (χ0n) is 17.0. The van der Waals surface area contributed by atoms with Gasteiger partial charge in [0, 0.05) is 19.6 Å². The number of piperidine rings is 1. The second-order valence-electron chi connectivity index (χ2n) is 7.41. The predicted octanol–water partition coefficient (Wildman–Crippen LogP) is 3.58. The van der Waals surface area contributed by atoms with Gasteiger partial charge in [-0.05, 0) is 43.3 Å². The van der Waals surface area contributed by atoms with Gasteiger partial charge < -0.3 is 19.9 Å². The molecule has 2 aromatic rings. The van der Waals surface area contributed by atoms with Crippen LogP contribution in [0.2, 0.25) is 0 Å². The highest BCUT2D eigenvalue weighted by Gasteiger charge is 2.35. The molecule has 31 heavy (non-hydrogen) atoms. The molecule has 1 fully saturated rings. The van der Waals surface area contributed by atoms with E-state index in [0.29, 0.717) is 24.2 Å². The first-order chi connectivity index (χ1) is 14.8. The number of rotatable bonds is 7. The molecule has 1 aromatic carbocycles. The summed E-state index contributed by atoms with van der Waals surface area (Å²) in [6, 6.07) is 7.42. The van der Waals surface area contributed by atoms with E-state index in [9.17, 15) is 22.4 Å². The molecule has 0 bridgehead atoms. The van der Waals surface area contributed by atoms with E-state index >= 15 is 0 Å². The average molecular weight is 440 g/mol. The maximum Gasteiger partial charge on any atom is 0.387 e. The normalized spacial score (nSPS) is 19.3. The van der Waals surface area contributed by atoms with Crippen molar-refractivity contribution in [2.45, 2.75) is 38.3 Å². The quantitative estimate of drug-likeness (QED) is 0.669. The highest BCUT2D eigenvalue weighted by Crippen LogP contribution is 2.21. The van der Waals surface area contributed by atoms with Crippen LogP contribution in [-0.2, 0) is 13.1 Å². The Kier molecular flexibility index (Phi) is 7.67. The highest BCUT2D eigenvalue weighted by molar-refractivity contribution is 5.74. The van der Waals surface area contributed by atoms with Gasteiger partial charge >= 0.3 is 12.6 Å². The Morgan fingerprint density at radius 1 is 1.29 bits per heavy atom. The Morgan fingerprint density at radius 3 is 2.65 bits per heavy atom. The van der Waals surface area contributed by atoms with Crippen LogP contribution < -0.4 is 10.1 Å². The van der Waals surface area contributed by atoms with E-state index in [1.54, 1.807) is 12.1 Å². The summed E-state index contributed by atoms with van der Waals surface area (Å²) in [5.74, 6) is -0.484. The van der Waals surface area contributed by atoms with Gasteiger partial charge in [0.2, 0.25) is 0 Å². The molecule has 6 nitrogen and oxygen atoms in total. The summed E-state index contributed by atoms with van der Waals surface area (Å²) in [7, 11) is 1.82. The Labute approximate surface area is 177 Å². The fourth-order valence-electron chi connectivity index (χ4n) is 3.48. The lowest BCUT2D eigenvalue weighted by molar-refractivity contribution is -0.0498. The second kappa shape index (κ2) is 10.4. The maximum absolute atomic E-state index is 14.8. The zero-order chi connectivity index (χ0) is 22.4. The van der Waals surface area contributed by atoms with Crippen LogP contribution in [0.4, 0.5) is 22.4 Å². The number of nitrogens with one attached hydrogen (secondary N) is 1.